The molecule has 1 aliphatic rings. The van der Waals surface area contributed by atoms with E-state index in [0.29, 0.717) is 18.6 Å². The number of rotatable bonds is 4. The van der Waals surface area contributed by atoms with Crippen LogP contribution in [0.15, 0.2) is 30.3 Å². The van der Waals surface area contributed by atoms with E-state index >= 15 is 0 Å². The minimum Gasteiger partial charge on any atom is -0.497 e. The quantitative estimate of drug-likeness (QED) is 0.936. The Morgan fingerprint density at radius 1 is 1.14 bits per heavy atom. The molecule has 0 heterocycles. The molecule has 0 aromatic heterocycles. The van der Waals surface area contributed by atoms with Gasteiger partial charge in [-0.25, -0.2) is 0 Å². The first kappa shape index (κ1) is 13.7. The maximum Gasteiger partial charge on any atom is 0.314 e. The summed E-state index contributed by atoms with van der Waals surface area (Å²) >= 11 is 0. The van der Waals surface area contributed by atoms with Gasteiger partial charge in [0.1, 0.15) is 11.5 Å². The Hall–Kier alpha value is -2.23. The number of carboxylic acid groups (broad SMARTS) is 1. The minimum atomic E-state index is -0.836. The molecule has 0 amide bonds. The zero-order valence-electron chi connectivity index (χ0n) is 12.2. The Bertz CT molecular complexity index is 696. The first-order valence-electron chi connectivity index (χ1n) is 7.01. The average molecular weight is 286 g/mol. The third-order valence-corrected chi connectivity index (χ3v) is 4.51. The van der Waals surface area contributed by atoms with Crippen LogP contribution in [0, 0.1) is 0 Å². The fourth-order valence-electron chi connectivity index (χ4n) is 3.17. The minimum absolute atomic E-state index is 0.637. The topological polar surface area (TPSA) is 55.8 Å². The van der Waals surface area contributed by atoms with E-state index in [1.807, 2.05) is 30.3 Å². The van der Waals surface area contributed by atoms with Crippen molar-refractivity contribution in [3.63, 3.8) is 0 Å². The number of carboxylic acids is 1. The predicted molar refractivity (Wildman–Crippen MR) is 80.2 cm³/mol. The Balaban J connectivity index is 2.34. The van der Waals surface area contributed by atoms with E-state index in [1.54, 1.807) is 14.2 Å². The Morgan fingerprint density at radius 3 is 2.38 bits per heavy atom. The average Bonchev–Trinajstić information content (AvgIpc) is 2.45. The van der Waals surface area contributed by atoms with Gasteiger partial charge in [-0.1, -0.05) is 18.6 Å². The van der Waals surface area contributed by atoms with Gasteiger partial charge < -0.3 is 14.6 Å². The number of hydrogen-bond acceptors (Lipinski definition) is 3. The van der Waals surface area contributed by atoms with E-state index in [4.69, 9.17) is 9.47 Å². The van der Waals surface area contributed by atoms with E-state index in [2.05, 4.69) is 0 Å². The van der Waals surface area contributed by atoms with E-state index in [1.165, 1.54) is 0 Å². The molecule has 2 aromatic carbocycles. The van der Waals surface area contributed by atoms with Crippen molar-refractivity contribution in [3.05, 3.63) is 35.9 Å². The maximum atomic E-state index is 11.9. The van der Waals surface area contributed by atoms with E-state index in [-0.39, 0.29) is 0 Å². The number of benzene rings is 2. The Kier molecular flexibility index (Phi) is 3.24. The molecule has 2 aromatic rings. The van der Waals surface area contributed by atoms with Crippen molar-refractivity contribution in [2.75, 3.05) is 14.2 Å². The van der Waals surface area contributed by atoms with Gasteiger partial charge in [-0.05, 0) is 41.8 Å². The highest BCUT2D eigenvalue weighted by molar-refractivity contribution is 5.96. The molecule has 0 radical (unpaired) electrons. The van der Waals surface area contributed by atoms with Gasteiger partial charge in [-0.3, -0.25) is 4.79 Å². The van der Waals surface area contributed by atoms with Gasteiger partial charge in [0.25, 0.3) is 0 Å². The summed E-state index contributed by atoms with van der Waals surface area (Å²) in [4.78, 5) is 11.9. The number of ether oxygens (including phenoxy) is 2. The lowest BCUT2D eigenvalue weighted by atomic mass is 9.63. The standard InChI is InChI=1S/C17H18O4/c1-20-12-6-4-11-5-7-14(21-2)15(13(11)10-12)17(16(18)19)8-3-9-17/h4-7,10H,3,8-9H2,1-2H3,(H,18,19). The van der Waals surface area contributed by atoms with Crippen LogP contribution in [0.25, 0.3) is 10.8 Å². The predicted octanol–water partition coefficient (Wildman–Crippen LogP) is 3.36. The highest BCUT2D eigenvalue weighted by atomic mass is 16.5. The molecule has 1 aliphatic carbocycles. The highest BCUT2D eigenvalue weighted by Gasteiger charge is 2.48. The van der Waals surface area contributed by atoms with Crippen LogP contribution >= 0.6 is 0 Å². The van der Waals surface area contributed by atoms with Crippen molar-refractivity contribution >= 4 is 16.7 Å². The molecule has 0 spiro atoms. The van der Waals surface area contributed by atoms with Crippen molar-refractivity contribution in [2.24, 2.45) is 0 Å². The molecular weight excluding hydrogens is 268 g/mol. The molecule has 0 unspecified atom stereocenters. The summed E-state index contributed by atoms with van der Waals surface area (Å²) in [6, 6.07) is 9.53. The van der Waals surface area contributed by atoms with Crippen LogP contribution in [-0.2, 0) is 10.2 Å². The largest absolute Gasteiger partial charge is 0.497 e. The van der Waals surface area contributed by atoms with E-state index < -0.39 is 11.4 Å². The SMILES string of the molecule is COc1ccc2ccc(OC)c(C3(C(=O)O)CCC3)c2c1. The second kappa shape index (κ2) is 4.95. The summed E-state index contributed by atoms with van der Waals surface area (Å²) in [5.41, 5.74) is -0.0582. The van der Waals surface area contributed by atoms with Crippen LogP contribution in [-0.4, -0.2) is 25.3 Å². The lowest BCUT2D eigenvalue weighted by Crippen LogP contribution is -2.42. The summed E-state index contributed by atoms with van der Waals surface area (Å²) < 4.78 is 10.7. The van der Waals surface area contributed by atoms with Crippen LogP contribution in [0.5, 0.6) is 11.5 Å². The Labute approximate surface area is 123 Å². The zero-order chi connectivity index (χ0) is 15.0. The van der Waals surface area contributed by atoms with Gasteiger partial charge >= 0.3 is 5.97 Å². The maximum absolute atomic E-state index is 11.9. The van der Waals surface area contributed by atoms with Crippen LogP contribution < -0.4 is 9.47 Å². The summed E-state index contributed by atoms with van der Waals surface area (Å²) in [7, 11) is 3.19. The normalized spacial score (nSPS) is 16.3. The van der Waals surface area contributed by atoms with Gasteiger partial charge in [-0.2, -0.15) is 0 Å². The number of methoxy groups -OCH3 is 2. The molecule has 110 valence electrons. The molecule has 3 rings (SSSR count). The number of aliphatic carboxylic acids is 1. The van der Waals surface area contributed by atoms with Gasteiger partial charge in [0.2, 0.25) is 0 Å². The lowest BCUT2D eigenvalue weighted by molar-refractivity contribution is -0.147. The van der Waals surface area contributed by atoms with Crippen molar-refractivity contribution in [1.29, 1.82) is 0 Å². The Morgan fingerprint density at radius 2 is 1.86 bits per heavy atom. The second-order valence-electron chi connectivity index (χ2n) is 5.47. The van der Waals surface area contributed by atoms with E-state index in [9.17, 15) is 9.90 Å². The summed E-state index contributed by atoms with van der Waals surface area (Å²) in [6.45, 7) is 0. The molecule has 1 fully saturated rings. The smallest absolute Gasteiger partial charge is 0.314 e. The third-order valence-electron chi connectivity index (χ3n) is 4.51. The summed E-state index contributed by atoms with van der Waals surface area (Å²) in [5, 5.41) is 11.7. The van der Waals surface area contributed by atoms with Crippen molar-refractivity contribution < 1.29 is 19.4 Å². The van der Waals surface area contributed by atoms with Crippen molar-refractivity contribution in [1.82, 2.24) is 0 Å². The number of fused-ring (bicyclic) bond motifs is 1. The molecular formula is C17H18O4. The van der Waals surface area contributed by atoms with E-state index in [0.717, 1.165) is 28.5 Å². The lowest BCUT2D eigenvalue weighted by Gasteiger charge is -2.39. The fourth-order valence-corrected chi connectivity index (χ4v) is 3.17. The first-order valence-corrected chi connectivity index (χ1v) is 7.01. The fraction of sp³-hybridized carbons (Fsp3) is 0.353. The molecule has 0 aliphatic heterocycles. The summed E-state index contributed by atoms with van der Waals surface area (Å²) in [5.74, 6) is 0.581. The number of carbonyl (C=O) groups is 1. The monoisotopic (exact) mass is 286 g/mol. The third kappa shape index (κ3) is 1.94. The molecule has 0 atom stereocenters. The molecule has 1 saturated carbocycles. The molecule has 4 nitrogen and oxygen atoms in total. The van der Waals surface area contributed by atoms with Crippen molar-refractivity contribution in [3.8, 4) is 11.5 Å². The van der Waals surface area contributed by atoms with Crippen LogP contribution in [0.1, 0.15) is 24.8 Å². The van der Waals surface area contributed by atoms with Crippen LogP contribution in [0.2, 0.25) is 0 Å². The van der Waals surface area contributed by atoms with Gasteiger partial charge in [0.15, 0.2) is 0 Å². The van der Waals surface area contributed by atoms with Gasteiger partial charge in [0.05, 0.1) is 19.6 Å². The molecule has 0 bridgehead atoms. The van der Waals surface area contributed by atoms with Gasteiger partial charge in [-0.15, -0.1) is 0 Å². The van der Waals surface area contributed by atoms with Crippen LogP contribution in [0.3, 0.4) is 0 Å². The molecule has 4 heteroatoms. The molecule has 0 saturated heterocycles. The molecule has 1 N–H and O–H groups in total. The highest BCUT2D eigenvalue weighted by Crippen LogP contribution is 2.50. The zero-order valence-corrected chi connectivity index (χ0v) is 12.2. The van der Waals surface area contributed by atoms with Gasteiger partial charge in [0, 0.05) is 5.56 Å². The number of hydrogen-bond donors (Lipinski definition) is 1. The second-order valence-corrected chi connectivity index (χ2v) is 5.47. The van der Waals surface area contributed by atoms with Crippen molar-refractivity contribution in [2.45, 2.75) is 24.7 Å². The first-order chi connectivity index (χ1) is 10.1. The molecule has 21 heavy (non-hydrogen) atoms. The summed E-state index contributed by atoms with van der Waals surface area (Å²) in [6.07, 6.45) is 2.22. The van der Waals surface area contributed by atoms with Crippen LogP contribution in [0.4, 0.5) is 0 Å².